The number of carbonyl (C=O) groups is 1. The number of methoxy groups -OCH3 is 1. The van der Waals surface area contributed by atoms with Crippen LogP contribution in [0.1, 0.15) is 5.56 Å². The van der Waals surface area contributed by atoms with Crippen molar-refractivity contribution >= 4 is 21.6 Å². The molecule has 0 spiro atoms. The summed E-state index contributed by atoms with van der Waals surface area (Å²) in [4.78, 5) is 13.7. The Morgan fingerprint density at radius 3 is 2.25 bits per heavy atom. The van der Waals surface area contributed by atoms with E-state index in [9.17, 15) is 13.2 Å². The Morgan fingerprint density at radius 2 is 1.68 bits per heavy atom. The smallest absolute Gasteiger partial charge is 0.279 e. The molecule has 7 nitrogen and oxygen atoms in total. The maximum Gasteiger partial charge on any atom is 0.279 e. The Hall–Kier alpha value is -2.42. The van der Waals surface area contributed by atoms with Gasteiger partial charge in [-0.1, -0.05) is 17.7 Å². The van der Waals surface area contributed by atoms with E-state index in [4.69, 9.17) is 4.74 Å². The number of hydrogen-bond acceptors (Lipinski definition) is 4. The van der Waals surface area contributed by atoms with Crippen molar-refractivity contribution in [3.63, 3.8) is 0 Å². The molecule has 0 aromatic heterocycles. The zero-order valence-corrected chi connectivity index (χ0v) is 17.0. The molecule has 0 atom stereocenters. The number of sulfonamides is 1. The van der Waals surface area contributed by atoms with Gasteiger partial charge in [-0.05, 0) is 43.3 Å². The molecule has 1 amide bonds. The Labute approximate surface area is 166 Å². The average Bonchev–Trinajstić information content (AvgIpc) is 2.69. The SMILES string of the molecule is COc1ccc(NC(=O)C[NH+]2CCN(S(=O)(=O)c3ccc(C)cc3)CC2)cc1. The number of anilines is 1. The lowest BCUT2D eigenvalue weighted by atomic mass is 10.2. The molecule has 0 unspecified atom stereocenters. The van der Waals surface area contributed by atoms with Crippen LogP contribution in [-0.2, 0) is 14.8 Å². The van der Waals surface area contributed by atoms with E-state index < -0.39 is 10.0 Å². The predicted octanol–water partition coefficient (Wildman–Crippen LogP) is 0.532. The van der Waals surface area contributed by atoms with Crippen molar-refractivity contribution in [2.75, 3.05) is 45.2 Å². The van der Waals surface area contributed by atoms with Crippen LogP contribution in [0.25, 0.3) is 0 Å². The van der Waals surface area contributed by atoms with Crippen LogP contribution in [0.15, 0.2) is 53.4 Å². The van der Waals surface area contributed by atoms with Crippen LogP contribution < -0.4 is 15.0 Å². The molecule has 1 fully saturated rings. The molecule has 1 saturated heterocycles. The zero-order chi connectivity index (χ0) is 20.1. The van der Waals surface area contributed by atoms with Gasteiger partial charge in [0.15, 0.2) is 6.54 Å². The van der Waals surface area contributed by atoms with E-state index in [-0.39, 0.29) is 5.91 Å². The highest BCUT2D eigenvalue weighted by molar-refractivity contribution is 7.89. The normalized spacial score (nSPS) is 15.9. The summed E-state index contributed by atoms with van der Waals surface area (Å²) in [6.07, 6.45) is 0. The van der Waals surface area contributed by atoms with Crippen molar-refractivity contribution in [2.45, 2.75) is 11.8 Å². The predicted molar refractivity (Wildman–Crippen MR) is 107 cm³/mol. The van der Waals surface area contributed by atoms with Crippen molar-refractivity contribution in [2.24, 2.45) is 0 Å². The molecule has 0 saturated carbocycles. The molecule has 150 valence electrons. The molecular weight excluding hydrogens is 378 g/mol. The minimum Gasteiger partial charge on any atom is -0.497 e. The number of benzene rings is 2. The second kappa shape index (κ2) is 8.72. The fourth-order valence-corrected chi connectivity index (χ4v) is 4.63. The average molecular weight is 405 g/mol. The molecule has 2 aromatic rings. The topological polar surface area (TPSA) is 80.2 Å². The van der Waals surface area contributed by atoms with E-state index in [0.717, 1.165) is 16.2 Å². The van der Waals surface area contributed by atoms with Crippen molar-refractivity contribution in [3.05, 3.63) is 54.1 Å². The van der Waals surface area contributed by atoms with E-state index in [1.807, 2.05) is 6.92 Å². The second-order valence-corrected chi connectivity index (χ2v) is 8.86. The lowest BCUT2D eigenvalue weighted by Crippen LogP contribution is -3.15. The Bertz CT molecular complexity index is 903. The fourth-order valence-electron chi connectivity index (χ4n) is 3.19. The number of rotatable bonds is 6. The van der Waals surface area contributed by atoms with Gasteiger partial charge in [0.2, 0.25) is 10.0 Å². The van der Waals surface area contributed by atoms with Crippen LogP contribution in [0.2, 0.25) is 0 Å². The molecule has 2 aromatic carbocycles. The van der Waals surface area contributed by atoms with Gasteiger partial charge in [-0.3, -0.25) is 4.79 Å². The molecule has 0 bridgehead atoms. The number of aryl methyl sites for hydroxylation is 1. The van der Waals surface area contributed by atoms with Gasteiger partial charge >= 0.3 is 0 Å². The first kappa shape index (κ1) is 20.3. The van der Waals surface area contributed by atoms with Crippen LogP contribution in [0.3, 0.4) is 0 Å². The highest BCUT2D eigenvalue weighted by Crippen LogP contribution is 2.16. The first-order valence-electron chi connectivity index (χ1n) is 9.23. The molecular formula is C20H26N3O4S+. The van der Waals surface area contributed by atoms with E-state index in [0.29, 0.717) is 43.3 Å². The third kappa shape index (κ3) is 4.89. The number of quaternary nitrogens is 1. The fraction of sp³-hybridized carbons (Fsp3) is 0.350. The maximum atomic E-state index is 12.7. The monoisotopic (exact) mass is 404 g/mol. The highest BCUT2D eigenvalue weighted by atomic mass is 32.2. The molecule has 1 heterocycles. The van der Waals surface area contributed by atoms with Crippen LogP contribution >= 0.6 is 0 Å². The molecule has 3 rings (SSSR count). The van der Waals surface area contributed by atoms with Gasteiger partial charge in [0.1, 0.15) is 5.75 Å². The van der Waals surface area contributed by atoms with Gasteiger partial charge in [0, 0.05) is 5.69 Å². The molecule has 28 heavy (non-hydrogen) atoms. The van der Waals surface area contributed by atoms with Crippen LogP contribution in [0.4, 0.5) is 5.69 Å². The van der Waals surface area contributed by atoms with Crippen molar-refractivity contribution in [1.82, 2.24) is 4.31 Å². The molecule has 8 heteroatoms. The summed E-state index contributed by atoms with van der Waals surface area (Å²) in [5.41, 5.74) is 1.74. The summed E-state index contributed by atoms with van der Waals surface area (Å²) in [7, 11) is -1.89. The van der Waals surface area contributed by atoms with E-state index in [1.54, 1.807) is 55.6 Å². The summed E-state index contributed by atoms with van der Waals surface area (Å²) >= 11 is 0. The van der Waals surface area contributed by atoms with Crippen LogP contribution in [-0.4, -0.2) is 58.5 Å². The minimum atomic E-state index is -3.48. The van der Waals surface area contributed by atoms with E-state index in [2.05, 4.69) is 5.32 Å². The second-order valence-electron chi connectivity index (χ2n) is 6.92. The van der Waals surface area contributed by atoms with Gasteiger partial charge in [-0.2, -0.15) is 4.31 Å². The van der Waals surface area contributed by atoms with Gasteiger partial charge in [0.25, 0.3) is 5.91 Å². The highest BCUT2D eigenvalue weighted by Gasteiger charge is 2.31. The third-order valence-corrected chi connectivity index (χ3v) is 6.79. The number of nitrogens with one attached hydrogen (secondary N) is 2. The summed E-state index contributed by atoms with van der Waals surface area (Å²) in [6.45, 7) is 4.24. The lowest BCUT2D eigenvalue weighted by molar-refractivity contribution is -0.895. The number of nitrogens with zero attached hydrogens (tertiary/aromatic N) is 1. The quantitative estimate of drug-likeness (QED) is 0.736. The number of carbonyl (C=O) groups excluding carboxylic acids is 1. The molecule has 1 aliphatic rings. The van der Waals surface area contributed by atoms with Crippen molar-refractivity contribution in [3.8, 4) is 5.75 Å². The van der Waals surface area contributed by atoms with Crippen molar-refractivity contribution in [1.29, 1.82) is 0 Å². The summed E-state index contributed by atoms with van der Waals surface area (Å²) in [5.74, 6) is 0.643. The zero-order valence-electron chi connectivity index (χ0n) is 16.1. The van der Waals surface area contributed by atoms with Crippen molar-refractivity contribution < 1.29 is 22.8 Å². The van der Waals surface area contributed by atoms with Crippen LogP contribution in [0.5, 0.6) is 5.75 Å². The summed E-state index contributed by atoms with van der Waals surface area (Å²) < 4.78 is 32.1. The van der Waals surface area contributed by atoms with Gasteiger partial charge in [-0.15, -0.1) is 0 Å². The molecule has 0 radical (unpaired) electrons. The van der Waals surface area contributed by atoms with Crippen LogP contribution in [0, 0.1) is 6.92 Å². The Morgan fingerprint density at radius 1 is 1.07 bits per heavy atom. The summed E-state index contributed by atoms with van der Waals surface area (Å²) in [5, 5.41) is 2.87. The minimum absolute atomic E-state index is 0.0880. The number of ether oxygens (including phenoxy) is 1. The van der Waals surface area contributed by atoms with Gasteiger partial charge in [0.05, 0.1) is 38.2 Å². The molecule has 1 aliphatic heterocycles. The van der Waals surface area contributed by atoms with E-state index in [1.165, 1.54) is 4.31 Å². The standard InChI is InChI=1S/C20H25N3O4S/c1-16-3-9-19(10-4-16)28(25,26)23-13-11-22(12-14-23)15-20(24)21-17-5-7-18(27-2)8-6-17/h3-10H,11-15H2,1-2H3,(H,21,24)/p+1. The summed E-state index contributed by atoms with van der Waals surface area (Å²) in [6, 6.07) is 14.1. The molecule has 2 N–H and O–H groups in total. The number of hydrogen-bond donors (Lipinski definition) is 2. The largest absolute Gasteiger partial charge is 0.497 e. The number of amides is 1. The van der Waals surface area contributed by atoms with Gasteiger partial charge < -0.3 is 15.0 Å². The Kier molecular flexibility index (Phi) is 6.33. The number of piperazine rings is 1. The van der Waals surface area contributed by atoms with Gasteiger partial charge in [-0.25, -0.2) is 8.42 Å². The van der Waals surface area contributed by atoms with E-state index >= 15 is 0 Å². The Balaban J connectivity index is 1.51. The lowest BCUT2D eigenvalue weighted by Gasteiger charge is -2.31. The first-order chi connectivity index (χ1) is 13.4. The third-order valence-electron chi connectivity index (χ3n) is 4.87. The molecule has 0 aliphatic carbocycles. The maximum absolute atomic E-state index is 12.7. The first-order valence-corrected chi connectivity index (χ1v) is 10.7.